The molecule has 156 valence electrons. The summed E-state index contributed by atoms with van der Waals surface area (Å²) in [4.78, 5) is 14.4. The van der Waals surface area contributed by atoms with Crippen molar-refractivity contribution in [3.63, 3.8) is 0 Å². The van der Waals surface area contributed by atoms with E-state index in [0.717, 1.165) is 68.4 Å². The van der Waals surface area contributed by atoms with Crippen molar-refractivity contribution in [2.24, 2.45) is 0 Å². The molecule has 0 atom stereocenters. The Kier molecular flexibility index (Phi) is 8.57. The van der Waals surface area contributed by atoms with Crippen LogP contribution in [0.4, 0.5) is 11.8 Å². The van der Waals surface area contributed by atoms with Crippen molar-refractivity contribution in [2.45, 2.75) is 34.1 Å². The molecule has 1 aromatic carbocycles. The highest BCUT2D eigenvalue weighted by Crippen LogP contribution is 2.36. The number of benzene rings is 1. The average molecular weight is 390 g/mol. The van der Waals surface area contributed by atoms with Gasteiger partial charge in [-0.1, -0.05) is 20.8 Å². The van der Waals surface area contributed by atoms with Crippen LogP contribution in [0, 0.1) is 0 Å². The monoisotopic (exact) mass is 389 g/mol. The molecule has 0 aliphatic carbocycles. The summed E-state index contributed by atoms with van der Waals surface area (Å²) in [5.74, 6) is 3.14. The van der Waals surface area contributed by atoms with E-state index in [1.165, 1.54) is 0 Å². The van der Waals surface area contributed by atoms with Crippen LogP contribution in [-0.2, 0) is 0 Å². The maximum Gasteiger partial charge on any atom is 0.227 e. The van der Waals surface area contributed by atoms with Gasteiger partial charge < -0.3 is 24.6 Å². The number of hydrogen-bond donors (Lipinski definition) is 1. The maximum atomic E-state index is 5.50. The first-order chi connectivity index (χ1) is 13.7. The van der Waals surface area contributed by atoms with Crippen LogP contribution in [0.1, 0.15) is 34.1 Å². The zero-order chi connectivity index (χ0) is 20.5. The van der Waals surface area contributed by atoms with Gasteiger partial charge >= 0.3 is 0 Å². The van der Waals surface area contributed by atoms with Gasteiger partial charge in [0, 0.05) is 50.7 Å². The van der Waals surface area contributed by atoms with Crippen LogP contribution in [0.2, 0.25) is 0 Å². The van der Waals surface area contributed by atoms with Crippen molar-refractivity contribution < 1.29 is 9.47 Å². The molecule has 2 heterocycles. The highest BCUT2D eigenvalue weighted by atomic mass is 16.5. The molecule has 1 N–H and O–H groups in total. The van der Waals surface area contributed by atoms with Gasteiger partial charge in [-0.3, -0.25) is 0 Å². The molecular formula is C21H35N5O2. The van der Waals surface area contributed by atoms with Crippen molar-refractivity contribution in [2.75, 3.05) is 63.3 Å². The Labute approximate surface area is 169 Å². The zero-order valence-corrected chi connectivity index (χ0v) is 18.2. The molecule has 1 aromatic heterocycles. The summed E-state index contributed by atoms with van der Waals surface area (Å²) < 4.78 is 11.0. The molecule has 1 aliphatic rings. The summed E-state index contributed by atoms with van der Waals surface area (Å²) in [7, 11) is 3.31. The standard InChI is InChI=1S/C19H29N5O2.C2H6/c1-5-9-23(6-2)18-14-12-16(25-3)17(26-4)13-15(14)21-19(22-18)24-10-7-20-8-11-24;1-2/h12-13,20H,5-11H2,1-4H3;1-2H3. The van der Waals surface area contributed by atoms with Gasteiger partial charge in [0.25, 0.3) is 0 Å². The summed E-state index contributed by atoms with van der Waals surface area (Å²) >= 11 is 0. The molecule has 1 fully saturated rings. The number of hydrogen-bond acceptors (Lipinski definition) is 7. The smallest absolute Gasteiger partial charge is 0.227 e. The number of ether oxygens (including phenoxy) is 2. The Morgan fingerprint density at radius 2 is 1.68 bits per heavy atom. The van der Waals surface area contributed by atoms with Gasteiger partial charge in [0.1, 0.15) is 5.82 Å². The fraction of sp³-hybridized carbons (Fsp3) is 0.619. The van der Waals surface area contributed by atoms with Gasteiger partial charge in [0.2, 0.25) is 5.95 Å². The molecule has 0 amide bonds. The Bertz CT molecular complexity index is 747. The molecule has 0 spiro atoms. The lowest BCUT2D eigenvalue weighted by molar-refractivity contribution is 0.356. The van der Waals surface area contributed by atoms with Crippen LogP contribution in [0.3, 0.4) is 0 Å². The molecule has 28 heavy (non-hydrogen) atoms. The third-order valence-corrected chi connectivity index (χ3v) is 4.74. The van der Waals surface area contributed by atoms with Gasteiger partial charge in [0.15, 0.2) is 11.5 Å². The first-order valence-electron chi connectivity index (χ1n) is 10.4. The van der Waals surface area contributed by atoms with Crippen molar-refractivity contribution >= 4 is 22.7 Å². The fourth-order valence-corrected chi connectivity index (χ4v) is 3.36. The van der Waals surface area contributed by atoms with Crippen LogP contribution in [0.15, 0.2) is 12.1 Å². The maximum absolute atomic E-state index is 5.50. The summed E-state index contributed by atoms with van der Waals surface area (Å²) in [6.07, 6.45) is 1.07. The Hall–Kier alpha value is -2.28. The summed E-state index contributed by atoms with van der Waals surface area (Å²) in [5, 5.41) is 4.38. The van der Waals surface area contributed by atoms with Crippen molar-refractivity contribution in [3.8, 4) is 11.5 Å². The summed E-state index contributed by atoms with van der Waals surface area (Å²) in [6.45, 7) is 13.9. The molecule has 7 nitrogen and oxygen atoms in total. The van der Waals surface area contributed by atoms with E-state index in [1.54, 1.807) is 14.2 Å². The van der Waals surface area contributed by atoms with Crippen LogP contribution in [0.5, 0.6) is 11.5 Å². The lowest BCUT2D eigenvalue weighted by Crippen LogP contribution is -2.44. The van der Waals surface area contributed by atoms with Crippen LogP contribution >= 0.6 is 0 Å². The molecule has 0 saturated carbocycles. The number of rotatable bonds is 7. The largest absolute Gasteiger partial charge is 0.493 e. The predicted molar refractivity (Wildman–Crippen MR) is 117 cm³/mol. The number of methoxy groups -OCH3 is 2. The second kappa shape index (κ2) is 10.9. The Balaban J connectivity index is 0.00000136. The highest BCUT2D eigenvalue weighted by molar-refractivity contribution is 5.93. The first kappa shape index (κ1) is 22.0. The first-order valence-corrected chi connectivity index (χ1v) is 10.4. The molecule has 2 aromatic rings. The third kappa shape index (κ3) is 4.76. The molecule has 1 aliphatic heterocycles. The normalized spacial score (nSPS) is 13.7. The second-order valence-corrected chi connectivity index (χ2v) is 6.39. The average Bonchev–Trinajstić information content (AvgIpc) is 2.77. The third-order valence-electron chi connectivity index (χ3n) is 4.74. The molecular weight excluding hydrogens is 354 g/mol. The number of fused-ring (bicyclic) bond motifs is 1. The van der Waals surface area contributed by atoms with Crippen LogP contribution in [-0.4, -0.2) is 63.5 Å². The van der Waals surface area contributed by atoms with E-state index in [9.17, 15) is 0 Å². The molecule has 0 bridgehead atoms. The molecule has 0 unspecified atom stereocenters. The minimum Gasteiger partial charge on any atom is -0.493 e. The quantitative estimate of drug-likeness (QED) is 0.779. The fourth-order valence-electron chi connectivity index (χ4n) is 3.36. The minimum atomic E-state index is 0.689. The highest BCUT2D eigenvalue weighted by Gasteiger charge is 2.20. The van der Waals surface area contributed by atoms with E-state index in [4.69, 9.17) is 19.4 Å². The van der Waals surface area contributed by atoms with Gasteiger partial charge in [0.05, 0.1) is 19.7 Å². The number of piperazine rings is 1. The van der Waals surface area contributed by atoms with E-state index in [2.05, 4.69) is 29.0 Å². The van der Waals surface area contributed by atoms with E-state index in [-0.39, 0.29) is 0 Å². The van der Waals surface area contributed by atoms with Gasteiger partial charge in [-0.2, -0.15) is 4.98 Å². The molecule has 7 heteroatoms. The van der Waals surface area contributed by atoms with E-state index >= 15 is 0 Å². The molecule has 1 saturated heterocycles. The minimum absolute atomic E-state index is 0.689. The molecule has 3 rings (SSSR count). The van der Waals surface area contributed by atoms with Crippen LogP contribution < -0.4 is 24.6 Å². The molecule has 0 radical (unpaired) electrons. The summed E-state index contributed by atoms with van der Waals surface area (Å²) in [6, 6.07) is 3.94. The number of nitrogens with zero attached hydrogens (tertiary/aromatic N) is 4. The predicted octanol–water partition coefficient (Wildman–Crippen LogP) is 3.32. The Morgan fingerprint density at radius 3 is 2.25 bits per heavy atom. The Morgan fingerprint density at radius 1 is 1.04 bits per heavy atom. The zero-order valence-electron chi connectivity index (χ0n) is 18.2. The van der Waals surface area contributed by atoms with Gasteiger partial charge in [-0.25, -0.2) is 4.98 Å². The van der Waals surface area contributed by atoms with E-state index in [1.807, 2.05) is 26.0 Å². The number of nitrogens with one attached hydrogen (secondary N) is 1. The van der Waals surface area contributed by atoms with Crippen LogP contribution in [0.25, 0.3) is 10.9 Å². The van der Waals surface area contributed by atoms with Crippen molar-refractivity contribution in [1.29, 1.82) is 0 Å². The van der Waals surface area contributed by atoms with Crippen molar-refractivity contribution in [3.05, 3.63) is 12.1 Å². The lowest BCUT2D eigenvalue weighted by atomic mass is 10.2. The lowest BCUT2D eigenvalue weighted by Gasteiger charge is -2.30. The summed E-state index contributed by atoms with van der Waals surface area (Å²) in [5.41, 5.74) is 0.885. The SMILES string of the molecule is CC.CCCN(CC)c1nc(N2CCNCC2)nc2cc(OC)c(OC)cc12. The van der Waals surface area contributed by atoms with Gasteiger partial charge in [-0.05, 0) is 19.4 Å². The van der Waals surface area contributed by atoms with E-state index in [0.29, 0.717) is 11.5 Å². The number of aromatic nitrogens is 2. The van der Waals surface area contributed by atoms with Crippen molar-refractivity contribution in [1.82, 2.24) is 15.3 Å². The van der Waals surface area contributed by atoms with E-state index < -0.39 is 0 Å². The second-order valence-electron chi connectivity index (χ2n) is 6.39. The topological polar surface area (TPSA) is 62.8 Å². The number of anilines is 2. The van der Waals surface area contributed by atoms with Gasteiger partial charge in [-0.15, -0.1) is 0 Å².